The molecule has 100 valence electrons. The number of H-pyrrole nitrogens is 1. The number of carbonyl (C=O) groups excluding carboxylic acids is 1. The Morgan fingerprint density at radius 3 is 3.00 bits per heavy atom. The molecule has 2 aromatic rings. The van der Waals surface area contributed by atoms with E-state index in [1.165, 1.54) is 0 Å². The third-order valence-electron chi connectivity index (χ3n) is 3.70. The van der Waals surface area contributed by atoms with Crippen molar-refractivity contribution in [1.29, 1.82) is 0 Å². The van der Waals surface area contributed by atoms with Crippen LogP contribution in [0.4, 0.5) is 0 Å². The number of rotatable bonds is 1. The number of piperazine rings is 1. The largest absolute Gasteiger partial charge is 0.332 e. The van der Waals surface area contributed by atoms with Crippen molar-refractivity contribution < 1.29 is 4.79 Å². The molecule has 0 radical (unpaired) electrons. The van der Waals surface area contributed by atoms with Crippen LogP contribution in [0.15, 0.2) is 24.3 Å². The number of para-hydroxylation sites is 1. The summed E-state index contributed by atoms with van der Waals surface area (Å²) in [5.41, 5.74) is 1.43. The number of aromatic amines is 1. The lowest BCUT2D eigenvalue weighted by molar-refractivity contribution is 0.0612. The topological polar surface area (TPSA) is 61.0 Å². The van der Waals surface area contributed by atoms with Gasteiger partial charge in [-0.25, -0.2) is 0 Å². The molecule has 0 aliphatic carbocycles. The van der Waals surface area contributed by atoms with E-state index in [2.05, 4.69) is 29.4 Å². The molecule has 1 aromatic heterocycles. The lowest BCUT2D eigenvalue weighted by atomic mass is 10.1. The number of hydrogen-bond acceptors (Lipinski definition) is 3. The molecule has 1 aromatic carbocycles. The molecule has 2 atom stereocenters. The van der Waals surface area contributed by atoms with E-state index in [0.29, 0.717) is 11.7 Å². The minimum atomic E-state index is 0.0123. The molecule has 3 rings (SSSR count). The van der Waals surface area contributed by atoms with Crippen LogP contribution in [0.5, 0.6) is 0 Å². The van der Waals surface area contributed by atoms with Crippen LogP contribution in [-0.2, 0) is 0 Å². The van der Waals surface area contributed by atoms with Gasteiger partial charge in [0, 0.05) is 30.6 Å². The van der Waals surface area contributed by atoms with Crippen molar-refractivity contribution in [3.63, 3.8) is 0 Å². The zero-order valence-electron chi connectivity index (χ0n) is 11.2. The van der Waals surface area contributed by atoms with E-state index < -0.39 is 0 Å². The second-order valence-electron chi connectivity index (χ2n) is 5.23. The predicted molar refractivity (Wildman–Crippen MR) is 74.1 cm³/mol. The maximum absolute atomic E-state index is 12.6. The van der Waals surface area contributed by atoms with Crippen LogP contribution in [0.2, 0.25) is 0 Å². The first-order valence-corrected chi connectivity index (χ1v) is 6.64. The first kappa shape index (κ1) is 12.2. The van der Waals surface area contributed by atoms with Gasteiger partial charge in [-0.15, -0.1) is 0 Å². The highest BCUT2D eigenvalue weighted by molar-refractivity contribution is 6.04. The molecule has 1 amide bonds. The quantitative estimate of drug-likeness (QED) is 0.812. The van der Waals surface area contributed by atoms with Crippen LogP contribution in [0.25, 0.3) is 10.9 Å². The molecule has 2 N–H and O–H groups in total. The minimum Gasteiger partial charge on any atom is -0.332 e. The van der Waals surface area contributed by atoms with E-state index in [1.807, 2.05) is 29.2 Å². The average Bonchev–Trinajstić information content (AvgIpc) is 2.84. The summed E-state index contributed by atoms with van der Waals surface area (Å²) >= 11 is 0. The SMILES string of the molecule is C[C@@H]1CN(C(=O)c2n[nH]c3ccccc23)[C@@H](C)CN1. The van der Waals surface area contributed by atoms with Crippen molar-refractivity contribution in [1.82, 2.24) is 20.4 Å². The fraction of sp³-hybridized carbons (Fsp3) is 0.429. The molecule has 5 heteroatoms. The average molecular weight is 258 g/mol. The third kappa shape index (κ3) is 2.10. The summed E-state index contributed by atoms with van der Waals surface area (Å²) in [5, 5.41) is 11.4. The van der Waals surface area contributed by atoms with E-state index in [4.69, 9.17) is 0 Å². The number of hydrogen-bond donors (Lipinski definition) is 2. The van der Waals surface area contributed by atoms with Crippen LogP contribution >= 0.6 is 0 Å². The van der Waals surface area contributed by atoms with Gasteiger partial charge in [0.2, 0.25) is 0 Å². The zero-order valence-corrected chi connectivity index (χ0v) is 11.2. The fourth-order valence-electron chi connectivity index (χ4n) is 2.57. The van der Waals surface area contributed by atoms with Gasteiger partial charge in [0.1, 0.15) is 0 Å². The summed E-state index contributed by atoms with van der Waals surface area (Å²) in [4.78, 5) is 14.6. The van der Waals surface area contributed by atoms with Crippen LogP contribution in [-0.4, -0.2) is 46.2 Å². The van der Waals surface area contributed by atoms with Gasteiger partial charge in [0.15, 0.2) is 5.69 Å². The third-order valence-corrected chi connectivity index (χ3v) is 3.70. The van der Waals surface area contributed by atoms with Gasteiger partial charge in [-0.1, -0.05) is 18.2 Å². The van der Waals surface area contributed by atoms with Crippen LogP contribution in [0.1, 0.15) is 24.3 Å². The van der Waals surface area contributed by atoms with E-state index in [9.17, 15) is 4.79 Å². The molecule has 0 unspecified atom stereocenters. The van der Waals surface area contributed by atoms with Crippen LogP contribution < -0.4 is 5.32 Å². The first-order valence-electron chi connectivity index (χ1n) is 6.64. The molecular formula is C14H18N4O. The monoisotopic (exact) mass is 258 g/mol. The first-order chi connectivity index (χ1) is 9.16. The second-order valence-corrected chi connectivity index (χ2v) is 5.23. The number of aromatic nitrogens is 2. The normalized spacial score (nSPS) is 23.8. The highest BCUT2D eigenvalue weighted by atomic mass is 16.2. The smallest absolute Gasteiger partial charge is 0.275 e. The number of carbonyl (C=O) groups is 1. The molecule has 19 heavy (non-hydrogen) atoms. The van der Waals surface area contributed by atoms with E-state index >= 15 is 0 Å². The molecular weight excluding hydrogens is 240 g/mol. The van der Waals surface area contributed by atoms with Gasteiger partial charge < -0.3 is 10.2 Å². The van der Waals surface area contributed by atoms with E-state index in [1.54, 1.807) is 0 Å². The van der Waals surface area contributed by atoms with Crippen LogP contribution in [0.3, 0.4) is 0 Å². The number of benzene rings is 1. The summed E-state index contributed by atoms with van der Waals surface area (Å²) < 4.78 is 0. The highest BCUT2D eigenvalue weighted by Gasteiger charge is 2.29. The predicted octanol–water partition coefficient (Wildman–Crippen LogP) is 1.39. The molecule has 1 fully saturated rings. The van der Waals surface area contributed by atoms with Crippen molar-refractivity contribution >= 4 is 16.8 Å². The standard InChI is InChI=1S/C14H18N4O/c1-9-8-18(10(2)7-15-9)14(19)13-11-5-3-4-6-12(11)16-17-13/h3-6,9-10,15H,7-8H2,1-2H3,(H,16,17)/t9-,10+/m1/s1. The number of amides is 1. The van der Waals surface area contributed by atoms with Gasteiger partial charge in [-0.05, 0) is 19.9 Å². The zero-order chi connectivity index (χ0) is 13.4. The molecule has 0 saturated carbocycles. The van der Waals surface area contributed by atoms with Gasteiger partial charge in [0.05, 0.1) is 5.52 Å². The van der Waals surface area contributed by atoms with Crippen molar-refractivity contribution in [3.05, 3.63) is 30.0 Å². The maximum Gasteiger partial charge on any atom is 0.275 e. The summed E-state index contributed by atoms with van der Waals surface area (Å²) in [7, 11) is 0. The number of nitrogens with one attached hydrogen (secondary N) is 2. The van der Waals surface area contributed by atoms with Crippen molar-refractivity contribution in [3.8, 4) is 0 Å². The fourth-order valence-corrected chi connectivity index (χ4v) is 2.57. The summed E-state index contributed by atoms with van der Waals surface area (Å²) in [6, 6.07) is 8.25. The summed E-state index contributed by atoms with van der Waals surface area (Å²) in [6.07, 6.45) is 0. The molecule has 5 nitrogen and oxygen atoms in total. The second kappa shape index (κ2) is 4.66. The van der Waals surface area contributed by atoms with Crippen LogP contribution in [0, 0.1) is 0 Å². The number of nitrogens with zero attached hydrogens (tertiary/aromatic N) is 2. The van der Waals surface area contributed by atoms with E-state index in [-0.39, 0.29) is 11.9 Å². The van der Waals surface area contributed by atoms with Crippen molar-refractivity contribution in [2.24, 2.45) is 0 Å². The molecule has 0 bridgehead atoms. The number of fused-ring (bicyclic) bond motifs is 1. The Morgan fingerprint density at radius 2 is 2.16 bits per heavy atom. The highest BCUT2D eigenvalue weighted by Crippen LogP contribution is 2.19. The molecule has 1 aliphatic rings. The Kier molecular flexibility index (Phi) is 2.98. The Balaban J connectivity index is 1.95. The Labute approximate surface area is 112 Å². The van der Waals surface area contributed by atoms with Crippen molar-refractivity contribution in [2.45, 2.75) is 25.9 Å². The molecule has 1 aliphatic heterocycles. The summed E-state index contributed by atoms with van der Waals surface area (Å²) in [6.45, 7) is 5.71. The molecule has 1 saturated heterocycles. The lowest BCUT2D eigenvalue weighted by Crippen LogP contribution is -2.56. The Morgan fingerprint density at radius 1 is 1.37 bits per heavy atom. The van der Waals surface area contributed by atoms with Gasteiger partial charge in [-0.3, -0.25) is 9.89 Å². The minimum absolute atomic E-state index is 0.0123. The van der Waals surface area contributed by atoms with Gasteiger partial charge in [0.25, 0.3) is 5.91 Å². The lowest BCUT2D eigenvalue weighted by Gasteiger charge is -2.37. The van der Waals surface area contributed by atoms with Gasteiger partial charge in [-0.2, -0.15) is 5.10 Å². The Hall–Kier alpha value is -1.88. The van der Waals surface area contributed by atoms with Crippen molar-refractivity contribution in [2.75, 3.05) is 13.1 Å². The maximum atomic E-state index is 12.6. The molecule has 0 spiro atoms. The van der Waals surface area contributed by atoms with Gasteiger partial charge >= 0.3 is 0 Å². The Bertz CT molecular complexity index is 606. The molecule has 2 heterocycles. The van der Waals surface area contributed by atoms with E-state index in [0.717, 1.165) is 24.0 Å². The summed E-state index contributed by atoms with van der Waals surface area (Å²) in [5.74, 6) is 0.0123.